The topological polar surface area (TPSA) is 27.7 Å². The highest BCUT2D eigenvalue weighted by Crippen LogP contribution is 1.78. The van der Waals surface area contributed by atoms with E-state index in [0.29, 0.717) is 18.3 Å². The zero-order valence-corrected chi connectivity index (χ0v) is 12.0. The third-order valence-corrected chi connectivity index (χ3v) is 1.41. The molecule has 0 aromatic carbocycles. The molecule has 0 amide bonds. The molecule has 0 aliphatic carbocycles. The number of methoxy groups -OCH3 is 3. The summed E-state index contributed by atoms with van der Waals surface area (Å²) in [6.07, 6.45) is 1.15. The fourth-order valence-electron chi connectivity index (χ4n) is 0. The summed E-state index contributed by atoms with van der Waals surface area (Å²) in [4.78, 5) is 0. The monoisotopic (exact) mass is 222 g/mol. The third-order valence-electron chi connectivity index (χ3n) is 1.41. The zero-order valence-electron chi connectivity index (χ0n) is 12.0. The van der Waals surface area contributed by atoms with Crippen molar-refractivity contribution < 1.29 is 14.2 Å². The van der Waals surface area contributed by atoms with E-state index in [2.05, 4.69) is 0 Å². The van der Waals surface area contributed by atoms with Crippen molar-refractivity contribution in [2.45, 2.75) is 59.9 Å². The number of ether oxygens (including phenoxy) is 3. The Hall–Kier alpha value is -0.120. The minimum absolute atomic E-state index is 0.384. The van der Waals surface area contributed by atoms with Gasteiger partial charge in [-0.25, -0.2) is 0 Å². The minimum atomic E-state index is 0.384. The van der Waals surface area contributed by atoms with Gasteiger partial charge >= 0.3 is 0 Å². The first-order valence-electron chi connectivity index (χ1n) is 5.40. The molecule has 0 atom stereocenters. The lowest BCUT2D eigenvalue weighted by Gasteiger charge is -1.94. The minimum Gasteiger partial charge on any atom is -0.382 e. The summed E-state index contributed by atoms with van der Waals surface area (Å²) in [5, 5.41) is 0. The summed E-state index contributed by atoms with van der Waals surface area (Å²) >= 11 is 0. The van der Waals surface area contributed by atoms with Gasteiger partial charge in [0.25, 0.3) is 0 Å². The molecule has 0 saturated carbocycles. The standard InChI is InChI=1S/3C4H10O/c3*1-4(2)5-3/h3*4H,1-3H3. The third kappa shape index (κ3) is 56.7. The number of hydrogen-bond acceptors (Lipinski definition) is 3. The van der Waals surface area contributed by atoms with Crippen LogP contribution in [0.25, 0.3) is 0 Å². The van der Waals surface area contributed by atoms with Gasteiger partial charge in [0.2, 0.25) is 0 Å². The van der Waals surface area contributed by atoms with E-state index < -0.39 is 0 Å². The van der Waals surface area contributed by atoms with Crippen LogP contribution in [0, 0.1) is 0 Å². The molecule has 15 heavy (non-hydrogen) atoms. The fraction of sp³-hybridized carbons (Fsp3) is 1.00. The van der Waals surface area contributed by atoms with Gasteiger partial charge in [0.1, 0.15) is 0 Å². The van der Waals surface area contributed by atoms with Gasteiger partial charge < -0.3 is 14.2 Å². The van der Waals surface area contributed by atoms with E-state index >= 15 is 0 Å². The Kier molecular flexibility index (Phi) is 22.1. The first kappa shape index (κ1) is 20.3. The number of hydrogen-bond donors (Lipinski definition) is 0. The van der Waals surface area contributed by atoms with Crippen molar-refractivity contribution in [2.75, 3.05) is 21.3 Å². The van der Waals surface area contributed by atoms with Crippen molar-refractivity contribution >= 4 is 0 Å². The highest BCUT2D eigenvalue weighted by molar-refractivity contribution is 4.27. The second kappa shape index (κ2) is 16.3. The lowest BCUT2D eigenvalue weighted by Crippen LogP contribution is -1.94. The van der Waals surface area contributed by atoms with Gasteiger partial charge in [-0.1, -0.05) is 0 Å². The molecule has 0 spiro atoms. The molecule has 0 unspecified atom stereocenters. The first-order valence-corrected chi connectivity index (χ1v) is 5.40. The Morgan fingerprint density at radius 2 is 0.533 bits per heavy atom. The van der Waals surface area contributed by atoms with Crippen LogP contribution in [0.4, 0.5) is 0 Å². The molecule has 0 saturated heterocycles. The fourth-order valence-corrected chi connectivity index (χ4v) is 0. The molecule has 0 rings (SSSR count). The van der Waals surface area contributed by atoms with Crippen LogP contribution in [0.5, 0.6) is 0 Å². The zero-order chi connectivity index (χ0) is 12.9. The Morgan fingerprint density at radius 1 is 0.467 bits per heavy atom. The van der Waals surface area contributed by atoms with E-state index in [1.165, 1.54) is 0 Å². The van der Waals surface area contributed by atoms with E-state index in [4.69, 9.17) is 14.2 Å². The second-order valence-corrected chi connectivity index (χ2v) is 3.85. The van der Waals surface area contributed by atoms with E-state index in [-0.39, 0.29) is 0 Å². The molecule has 0 aliphatic rings. The average Bonchev–Trinajstić information content (AvgIpc) is 2.19. The van der Waals surface area contributed by atoms with E-state index in [0.717, 1.165) is 0 Å². The molecule has 0 bridgehead atoms. The molecule has 3 heteroatoms. The van der Waals surface area contributed by atoms with E-state index in [1.807, 2.05) is 41.5 Å². The van der Waals surface area contributed by atoms with Gasteiger partial charge in [0.15, 0.2) is 0 Å². The van der Waals surface area contributed by atoms with Crippen molar-refractivity contribution in [3.8, 4) is 0 Å². The maximum atomic E-state index is 4.75. The van der Waals surface area contributed by atoms with Crippen LogP contribution in [0.15, 0.2) is 0 Å². The summed E-state index contributed by atoms with van der Waals surface area (Å²) in [7, 11) is 5.10. The lowest BCUT2D eigenvalue weighted by atomic mass is 10.5. The highest BCUT2D eigenvalue weighted by Gasteiger charge is 1.79. The summed E-state index contributed by atoms with van der Waals surface area (Å²) in [6.45, 7) is 12.0. The number of rotatable bonds is 3. The SMILES string of the molecule is COC(C)C.COC(C)C.COC(C)C. The van der Waals surface area contributed by atoms with Crippen molar-refractivity contribution in [3.05, 3.63) is 0 Å². The maximum absolute atomic E-state index is 4.75. The van der Waals surface area contributed by atoms with Crippen molar-refractivity contribution in [1.29, 1.82) is 0 Å². The smallest absolute Gasteiger partial charge is 0.0515 e. The molecular formula is C12H30O3. The molecule has 3 nitrogen and oxygen atoms in total. The predicted octanol–water partition coefficient (Wildman–Crippen LogP) is 3.12. The van der Waals surface area contributed by atoms with Gasteiger partial charge in [0, 0.05) is 21.3 Å². The molecule has 96 valence electrons. The highest BCUT2D eigenvalue weighted by atomic mass is 16.5. The molecule has 0 N–H and O–H groups in total. The molecule has 0 heterocycles. The normalized spacial score (nSPS) is 9.60. The van der Waals surface area contributed by atoms with Crippen molar-refractivity contribution in [2.24, 2.45) is 0 Å². The predicted molar refractivity (Wildman–Crippen MR) is 66.4 cm³/mol. The van der Waals surface area contributed by atoms with Gasteiger partial charge in [-0.3, -0.25) is 0 Å². The summed E-state index contributed by atoms with van der Waals surface area (Å²) in [6, 6.07) is 0. The van der Waals surface area contributed by atoms with Crippen LogP contribution in [0.1, 0.15) is 41.5 Å². The Morgan fingerprint density at radius 3 is 0.533 bits per heavy atom. The maximum Gasteiger partial charge on any atom is 0.0515 e. The summed E-state index contributed by atoms with van der Waals surface area (Å²) in [5.74, 6) is 0. The van der Waals surface area contributed by atoms with Crippen LogP contribution >= 0.6 is 0 Å². The van der Waals surface area contributed by atoms with Crippen molar-refractivity contribution in [1.82, 2.24) is 0 Å². The molecule has 0 aliphatic heterocycles. The van der Waals surface area contributed by atoms with E-state index in [1.54, 1.807) is 21.3 Å². The largest absolute Gasteiger partial charge is 0.382 e. The van der Waals surface area contributed by atoms with Gasteiger partial charge in [-0.15, -0.1) is 0 Å². The molecule has 0 fully saturated rings. The lowest BCUT2D eigenvalue weighted by molar-refractivity contribution is 0.134. The van der Waals surface area contributed by atoms with Crippen LogP contribution < -0.4 is 0 Å². The van der Waals surface area contributed by atoms with E-state index in [9.17, 15) is 0 Å². The van der Waals surface area contributed by atoms with Crippen LogP contribution in [-0.2, 0) is 14.2 Å². The van der Waals surface area contributed by atoms with Crippen LogP contribution in [0.3, 0.4) is 0 Å². The average molecular weight is 222 g/mol. The molecular weight excluding hydrogens is 192 g/mol. The van der Waals surface area contributed by atoms with Gasteiger partial charge in [-0.2, -0.15) is 0 Å². The molecule has 0 aromatic heterocycles. The Bertz CT molecular complexity index is 71.8. The van der Waals surface area contributed by atoms with Gasteiger partial charge in [0.05, 0.1) is 18.3 Å². The van der Waals surface area contributed by atoms with Crippen molar-refractivity contribution in [3.63, 3.8) is 0 Å². The summed E-state index contributed by atoms with van der Waals surface area (Å²) < 4.78 is 14.2. The molecule has 0 aromatic rings. The Balaban J connectivity index is -0.000000144. The van der Waals surface area contributed by atoms with Crippen LogP contribution in [0.2, 0.25) is 0 Å². The Labute approximate surface area is 96.1 Å². The quantitative estimate of drug-likeness (QED) is 0.734. The van der Waals surface area contributed by atoms with Crippen LogP contribution in [-0.4, -0.2) is 39.6 Å². The summed E-state index contributed by atoms with van der Waals surface area (Å²) in [5.41, 5.74) is 0. The van der Waals surface area contributed by atoms with Gasteiger partial charge in [-0.05, 0) is 41.5 Å². The second-order valence-electron chi connectivity index (χ2n) is 3.85. The molecule has 0 radical (unpaired) electrons. The first-order chi connectivity index (χ1) is 6.81.